The first-order valence-corrected chi connectivity index (χ1v) is 7.21. The molecule has 1 aromatic heterocycles. The SMILES string of the molecule is CC1OCCC1n1c(CCl)nc2cc(C(F)(F)F)ccc21. The number of halogens is 4. The van der Waals surface area contributed by atoms with E-state index in [4.69, 9.17) is 16.3 Å². The van der Waals surface area contributed by atoms with Gasteiger partial charge < -0.3 is 9.30 Å². The van der Waals surface area contributed by atoms with Gasteiger partial charge in [-0.25, -0.2) is 4.98 Å². The fourth-order valence-corrected chi connectivity index (χ4v) is 3.04. The molecule has 0 aliphatic carbocycles. The van der Waals surface area contributed by atoms with E-state index >= 15 is 0 Å². The molecule has 3 nitrogen and oxygen atoms in total. The zero-order valence-electron chi connectivity index (χ0n) is 11.3. The maximum atomic E-state index is 12.8. The minimum Gasteiger partial charge on any atom is -0.376 e. The van der Waals surface area contributed by atoms with Gasteiger partial charge in [0.25, 0.3) is 0 Å². The van der Waals surface area contributed by atoms with E-state index in [0.29, 0.717) is 23.5 Å². The molecule has 114 valence electrons. The molecule has 21 heavy (non-hydrogen) atoms. The number of hydrogen-bond donors (Lipinski definition) is 0. The Morgan fingerprint density at radius 3 is 2.76 bits per heavy atom. The van der Waals surface area contributed by atoms with Crippen molar-refractivity contribution >= 4 is 22.6 Å². The Morgan fingerprint density at radius 2 is 2.19 bits per heavy atom. The van der Waals surface area contributed by atoms with Crippen molar-refractivity contribution in [3.63, 3.8) is 0 Å². The van der Waals surface area contributed by atoms with Gasteiger partial charge in [0.1, 0.15) is 5.82 Å². The Balaban J connectivity index is 2.15. The van der Waals surface area contributed by atoms with E-state index in [0.717, 1.165) is 18.6 Å². The summed E-state index contributed by atoms with van der Waals surface area (Å²) in [5.74, 6) is 0.729. The lowest BCUT2D eigenvalue weighted by molar-refractivity contribution is -0.137. The first kappa shape index (κ1) is 14.7. The topological polar surface area (TPSA) is 27.1 Å². The number of hydrogen-bond acceptors (Lipinski definition) is 2. The van der Waals surface area contributed by atoms with E-state index in [1.54, 1.807) is 0 Å². The van der Waals surface area contributed by atoms with E-state index in [2.05, 4.69) is 4.98 Å². The predicted octanol–water partition coefficient (Wildman–Crippen LogP) is 4.14. The van der Waals surface area contributed by atoms with Crippen molar-refractivity contribution in [1.82, 2.24) is 9.55 Å². The van der Waals surface area contributed by atoms with Crippen LogP contribution in [0.5, 0.6) is 0 Å². The summed E-state index contributed by atoms with van der Waals surface area (Å²) in [7, 11) is 0. The van der Waals surface area contributed by atoms with Gasteiger partial charge in [0.05, 0.1) is 34.6 Å². The average Bonchev–Trinajstić information content (AvgIpc) is 2.99. The van der Waals surface area contributed by atoms with E-state index < -0.39 is 11.7 Å². The zero-order chi connectivity index (χ0) is 15.2. The second kappa shape index (κ2) is 5.18. The number of imidazole rings is 1. The van der Waals surface area contributed by atoms with Crippen LogP contribution in [0.15, 0.2) is 18.2 Å². The van der Waals surface area contributed by atoms with E-state index in [-0.39, 0.29) is 18.0 Å². The van der Waals surface area contributed by atoms with Crippen molar-refractivity contribution in [3.8, 4) is 0 Å². The van der Waals surface area contributed by atoms with E-state index in [9.17, 15) is 13.2 Å². The van der Waals surface area contributed by atoms with Crippen LogP contribution in [0.25, 0.3) is 11.0 Å². The fraction of sp³-hybridized carbons (Fsp3) is 0.500. The third-order valence-electron chi connectivity index (χ3n) is 3.88. The highest BCUT2D eigenvalue weighted by Crippen LogP contribution is 2.35. The number of rotatable bonds is 2. The average molecular weight is 319 g/mol. The maximum absolute atomic E-state index is 12.8. The molecule has 3 rings (SSSR count). The molecular weight excluding hydrogens is 305 g/mol. The molecule has 0 radical (unpaired) electrons. The third kappa shape index (κ3) is 2.51. The minimum absolute atomic E-state index is 0.00772. The summed E-state index contributed by atoms with van der Waals surface area (Å²) in [6.45, 7) is 2.58. The Morgan fingerprint density at radius 1 is 1.43 bits per heavy atom. The molecule has 0 bridgehead atoms. The quantitative estimate of drug-likeness (QED) is 0.778. The molecule has 1 fully saturated rings. The number of fused-ring (bicyclic) bond motifs is 1. The van der Waals surface area contributed by atoms with Gasteiger partial charge in [0.2, 0.25) is 0 Å². The zero-order valence-corrected chi connectivity index (χ0v) is 12.1. The van der Waals surface area contributed by atoms with Gasteiger partial charge >= 0.3 is 6.18 Å². The molecule has 2 atom stereocenters. The van der Waals surface area contributed by atoms with Crippen molar-refractivity contribution in [2.24, 2.45) is 0 Å². The second-order valence-electron chi connectivity index (χ2n) is 5.16. The van der Waals surface area contributed by atoms with Crippen LogP contribution in [0.4, 0.5) is 13.2 Å². The highest BCUT2D eigenvalue weighted by Gasteiger charge is 2.33. The lowest BCUT2D eigenvalue weighted by Crippen LogP contribution is -2.18. The molecule has 0 N–H and O–H groups in total. The van der Waals surface area contributed by atoms with Crippen molar-refractivity contribution in [2.45, 2.75) is 37.5 Å². The number of benzene rings is 1. The summed E-state index contributed by atoms with van der Waals surface area (Å²) in [6, 6.07) is 3.67. The maximum Gasteiger partial charge on any atom is 0.416 e. The van der Waals surface area contributed by atoms with E-state index in [1.807, 2.05) is 11.5 Å². The lowest BCUT2D eigenvalue weighted by atomic mass is 10.1. The summed E-state index contributed by atoms with van der Waals surface area (Å²) in [4.78, 5) is 4.26. The van der Waals surface area contributed by atoms with Crippen LogP contribution in [-0.4, -0.2) is 22.3 Å². The smallest absolute Gasteiger partial charge is 0.376 e. The van der Waals surface area contributed by atoms with Gasteiger partial charge in [0, 0.05) is 6.61 Å². The Labute approximate surface area is 124 Å². The summed E-state index contributed by atoms with van der Waals surface area (Å²) in [6.07, 6.45) is -3.58. The Kier molecular flexibility index (Phi) is 3.61. The molecule has 1 aliphatic rings. The highest BCUT2D eigenvalue weighted by molar-refractivity contribution is 6.16. The minimum atomic E-state index is -4.37. The summed E-state index contributed by atoms with van der Waals surface area (Å²) in [5, 5.41) is 0. The van der Waals surface area contributed by atoms with Gasteiger partial charge in [0.15, 0.2) is 0 Å². The standard InChI is InChI=1S/C14H14ClF3N2O/c1-8-11(4-5-21-8)20-12-3-2-9(14(16,17)18)6-10(12)19-13(20)7-15/h2-3,6,8,11H,4-5,7H2,1H3. The fourth-order valence-electron chi connectivity index (χ4n) is 2.85. The number of aromatic nitrogens is 2. The number of alkyl halides is 4. The largest absolute Gasteiger partial charge is 0.416 e. The number of nitrogens with zero attached hydrogens (tertiary/aromatic N) is 2. The summed E-state index contributed by atoms with van der Waals surface area (Å²) >= 11 is 5.91. The van der Waals surface area contributed by atoms with Gasteiger partial charge in [-0.1, -0.05) is 0 Å². The number of ether oxygens (including phenoxy) is 1. The van der Waals surface area contributed by atoms with Gasteiger partial charge in [-0.2, -0.15) is 13.2 Å². The van der Waals surface area contributed by atoms with Crippen LogP contribution in [0.1, 0.15) is 30.8 Å². The van der Waals surface area contributed by atoms with Crippen LogP contribution in [0.2, 0.25) is 0 Å². The monoisotopic (exact) mass is 318 g/mol. The van der Waals surface area contributed by atoms with Crippen LogP contribution >= 0.6 is 11.6 Å². The molecule has 1 saturated heterocycles. The van der Waals surface area contributed by atoms with Crippen molar-refractivity contribution in [3.05, 3.63) is 29.6 Å². The highest BCUT2D eigenvalue weighted by atomic mass is 35.5. The molecule has 2 heterocycles. The lowest BCUT2D eigenvalue weighted by Gasteiger charge is -2.19. The first-order chi connectivity index (χ1) is 9.91. The summed E-state index contributed by atoms with van der Waals surface area (Å²) in [5.41, 5.74) is 0.289. The molecule has 1 aliphatic heterocycles. The molecule has 0 saturated carbocycles. The van der Waals surface area contributed by atoms with Crippen LogP contribution in [0.3, 0.4) is 0 Å². The van der Waals surface area contributed by atoms with Gasteiger partial charge in [-0.15, -0.1) is 11.6 Å². The molecule has 7 heteroatoms. The predicted molar refractivity (Wildman–Crippen MR) is 73.4 cm³/mol. The normalized spacial score (nSPS) is 23.1. The van der Waals surface area contributed by atoms with Crippen molar-refractivity contribution in [1.29, 1.82) is 0 Å². The van der Waals surface area contributed by atoms with Crippen LogP contribution < -0.4 is 0 Å². The van der Waals surface area contributed by atoms with Crippen LogP contribution in [-0.2, 0) is 16.8 Å². The molecule has 0 amide bonds. The van der Waals surface area contributed by atoms with Crippen molar-refractivity contribution < 1.29 is 17.9 Å². The Bertz CT molecular complexity index is 668. The molecular formula is C14H14ClF3N2O. The molecule has 0 spiro atoms. The van der Waals surface area contributed by atoms with Gasteiger partial charge in [-0.3, -0.25) is 0 Å². The Hall–Kier alpha value is -1.27. The summed E-state index contributed by atoms with van der Waals surface area (Å²) < 4.78 is 45.8. The van der Waals surface area contributed by atoms with Gasteiger partial charge in [-0.05, 0) is 31.5 Å². The van der Waals surface area contributed by atoms with Crippen LogP contribution in [0, 0.1) is 0 Å². The first-order valence-electron chi connectivity index (χ1n) is 6.67. The third-order valence-corrected chi connectivity index (χ3v) is 4.12. The van der Waals surface area contributed by atoms with E-state index in [1.165, 1.54) is 6.07 Å². The molecule has 1 aromatic carbocycles. The molecule has 2 aromatic rings. The second-order valence-corrected chi connectivity index (χ2v) is 5.43. The molecule has 2 unspecified atom stereocenters. The van der Waals surface area contributed by atoms with Crippen molar-refractivity contribution in [2.75, 3.05) is 6.61 Å².